The van der Waals surface area contributed by atoms with E-state index in [1.807, 2.05) is 13.8 Å². The molecule has 116 valence electrons. The van der Waals surface area contributed by atoms with E-state index in [2.05, 4.69) is 4.98 Å². The summed E-state index contributed by atoms with van der Waals surface area (Å²) in [6, 6.07) is 0. The Kier molecular flexibility index (Phi) is 5.88. The highest BCUT2D eigenvalue weighted by molar-refractivity contribution is 5.99. The van der Waals surface area contributed by atoms with Crippen LogP contribution in [0.3, 0.4) is 0 Å². The van der Waals surface area contributed by atoms with E-state index in [9.17, 15) is 9.59 Å². The molecule has 0 spiro atoms. The van der Waals surface area contributed by atoms with Gasteiger partial charge in [0.15, 0.2) is 0 Å². The number of pyridine rings is 1. The number of carbonyl (C=O) groups excluding carboxylic acids is 2. The fraction of sp³-hybridized carbons (Fsp3) is 0.562. The highest BCUT2D eigenvalue weighted by Gasteiger charge is 2.27. The molecule has 1 aromatic rings. The van der Waals surface area contributed by atoms with Gasteiger partial charge in [0.1, 0.15) is 0 Å². The molecule has 0 unspecified atom stereocenters. The molecule has 0 aliphatic carbocycles. The van der Waals surface area contributed by atoms with Crippen molar-refractivity contribution in [1.82, 2.24) is 4.98 Å². The molecule has 0 saturated heterocycles. The van der Waals surface area contributed by atoms with Crippen LogP contribution in [0.4, 0.5) is 0 Å². The number of aryl methyl sites for hydroxylation is 2. The Labute approximate surface area is 125 Å². The molecule has 0 aromatic carbocycles. The van der Waals surface area contributed by atoms with Gasteiger partial charge in [0.05, 0.1) is 35.7 Å². The van der Waals surface area contributed by atoms with Gasteiger partial charge in [-0.15, -0.1) is 0 Å². The van der Waals surface area contributed by atoms with Crippen molar-refractivity contribution >= 4 is 11.9 Å². The average molecular weight is 293 g/mol. The van der Waals surface area contributed by atoms with Crippen LogP contribution >= 0.6 is 0 Å². The van der Waals surface area contributed by atoms with Crippen LogP contribution in [0.5, 0.6) is 0 Å². The van der Waals surface area contributed by atoms with Gasteiger partial charge >= 0.3 is 11.9 Å². The summed E-state index contributed by atoms with van der Waals surface area (Å²) in [5.74, 6) is -0.919. The Morgan fingerprint density at radius 2 is 1.33 bits per heavy atom. The van der Waals surface area contributed by atoms with E-state index in [0.29, 0.717) is 28.1 Å². The lowest BCUT2D eigenvalue weighted by molar-refractivity contribution is 0.0519. The molecule has 5 nitrogen and oxygen atoms in total. The topological polar surface area (TPSA) is 65.5 Å². The Morgan fingerprint density at radius 1 is 0.952 bits per heavy atom. The molecule has 0 atom stereocenters. The van der Waals surface area contributed by atoms with Crippen molar-refractivity contribution in [1.29, 1.82) is 0 Å². The van der Waals surface area contributed by atoms with Crippen LogP contribution < -0.4 is 0 Å². The number of rotatable bonds is 5. The van der Waals surface area contributed by atoms with Gasteiger partial charge in [0, 0.05) is 0 Å². The van der Waals surface area contributed by atoms with E-state index in [-0.39, 0.29) is 19.1 Å². The lowest BCUT2D eigenvalue weighted by atomic mass is 9.90. The van der Waals surface area contributed by atoms with E-state index in [4.69, 9.17) is 9.47 Å². The molecule has 0 aliphatic rings. The molecule has 1 aromatic heterocycles. The molecular formula is C16H23NO4. The third kappa shape index (κ3) is 3.60. The first-order valence-corrected chi connectivity index (χ1v) is 7.20. The summed E-state index contributed by atoms with van der Waals surface area (Å²) < 4.78 is 10.2. The zero-order valence-corrected chi connectivity index (χ0v) is 13.6. The van der Waals surface area contributed by atoms with Gasteiger partial charge in [-0.1, -0.05) is 13.8 Å². The van der Waals surface area contributed by atoms with Gasteiger partial charge in [0.2, 0.25) is 0 Å². The van der Waals surface area contributed by atoms with Gasteiger partial charge in [-0.2, -0.15) is 0 Å². The highest BCUT2D eigenvalue weighted by Crippen LogP contribution is 2.29. The van der Waals surface area contributed by atoms with Gasteiger partial charge in [-0.05, 0) is 39.2 Å². The quantitative estimate of drug-likeness (QED) is 0.780. The van der Waals surface area contributed by atoms with Crippen molar-refractivity contribution < 1.29 is 19.1 Å². The normalized spacial score (nSPS) is 10.6. The van der Waals surface area contributed by atoms with Crippen molar-refractivity contribution in [3.8, 4) is 0 Å². The Hall–Kier alpha value is -1.91. The SMILES string of the molecule is CCOC(=O)c1c(C)nc(C)c(C(=O)OCC)c1C(C)C. The zero-order chi connectivity index (χ0) is 16.2. The standard InChI is InChI=1S/C16H23NO4/c1-7-20-15(18)13-10(5)17-11(6)14(12(13)9(3)4)16(19)21-8-2/h9H,7-8H2,1-6H3. The average Bonchev–Trinajstić information content (AvgIpc) is 2.37. The molecule has 0 fully saturated rings. The van der Waals surface area contributed by atoms with E-state index in [0.717, 1.165) is 0 Å². The fourth-order valence-electron chi connectivity index (χ4n) is 2.38. The number of ether oxygens (including phenoxy) is 2. The maximum absolute atomic E-state index is 12.2. The molecule has 5 heteroatoms. The predicted molar refractivity (Wildman–Crippen MR) is 79.7 cm³/mol. The lowest BCUT2D eigenvalue weighted by Gasteiger charge is -2.19. The maximum Gasteiger partial charge on any atom is 0.340 e. The third-order valence-electron chi connectivity index (χ3n) is 3.13. The molecular weight excluding hydrogens is 270 g/mol. The first-order chi connectivity index (χ1) is 9.84. The van der Waals surface area contributed by atoms with E-state index in [1.54, 1.807) is 27.7 Å². The summed E-state index contributed by atoms with van der Waals surface area (Å²) in [5, 5.41) is 0. The molecule has 1 rings (SSSR count). The van der Waals surface area contributed by atoms with Crippen LogP contribution in [-0.2, 0) is 9.47 Å². The van der Waals surface area contributed by atoms with Gasteiger partial charge in [-0.25, -0.2) is 9.59 Å². The monoisotopic (exact) mass is 293 g/mol. The number of aromatic nitrogens is 1. The van der Waals surface area contributed by atoms with Crippen LogP contribution in [0, 0.1) is 13.8 Å². The van der Waals surface area contributed by atoms with Crippen molar-refractivity contribution in [3.63, 3.8) is 0 Å². The third-order valence-corrected chi connectivity index (χ3v) is 3.13. The molecule has 0 amide bonds. The maximum atomic E-state index is 12.2. The predicted octanol–water partition coefficient (Wildman–Crippen LogP) is 3.18. The fourth-order valence-corrected chi connectivity index (χ4v) is 2.38. The van der Waals surface area contributed by atoms with Crippen LogP contribution in [-0.4, -0.2) is 30.1 Å². The van der Waals surface area contributed by atoms with E-state index >= 15 is 0 Å². The van der Waals surface area contributed by atoms with Gasteiger partial charge in [0.25, 0.3) is 0 Å². The number of esters is 2. The second kappa shape index (κ2) is 7.20. The van der Waals surface area contributed by atoms with Gasteiger partial charge in [-0.3, -0.25) is 4.98 Å². The van der Waals surface area contributed by atoms with Gasteiger partial charge < -0.3 is 9.47 Å². The Morgan fingerprint density at radius 3 is 1.62 bits per heavy atom. The molecule has 1 heterocycles. The minimum absolute atomic E-state index is 0.0239. The van der Waals surface area contributed by atoms with Crippen LogP contribution in [0.25, 0.3) is 0 Å². The Bertz CT molecular complexity index is 507. The second-order valence-electron chi connectivity index (χ2n) is 5.04. The van der Waals surface area contributed by atoms with Crippen molar-refractivity contribution in [2.75, 3.05) is 13.2 Å². The van der Waals surface area contributed by atoms with Crippen LogP contribution in [0.15, 0.2) is 0 Å². The lowest BCUT2D eigenvalue weighted by Crippen LogP contribution is -2.20. The summed E-state index contributed by atoms with van der Waals surface area (Å²) >= 11 is 0. The van der Waals surface area contributed by atoms with Crippen LogP contribution in [0.1, 0.15) is 71.3 Å². The highest BCUT2D eigenvalue weighted by atomic mass is 16.5. The molecule has 21 heavy (non-hydrogen) atoms. The Balaban J connectivity index is 3.60. The molecule has 0 N–H and O–H groups in total. The molecule has 0 saturated carbocycles. The smallest absolute Gasteiger partial charge is 0.340 e. The molecule has 0 bridgehead atoms. The number of hydrogen-bond acceptors (Lipinski definition) is 5. The zero-order valence-electron chi connectivity index (χ0n) is 13.6. The number of nitrogens with zero attached hydrogens (tertiary/aromatic N) is 1. The first kappa shape index (κ1) is 17.1. The van der Waals surface area contributed by atoms with Crippen molar-refractivity contribution in [3.05, 3.63) is 28.1 Å². The van der Waals surface area contributed by atoms with Crippen molar-refractivity contribution in [2.24, 2.45) is 0 Å². The minimum atomic E-state index is -0.447. The number of hydrogen-bond donors (Lipinski definition) is 0. The molecule has 0 aliphatic heterocycles. The summed E-state index contributed by atoms with van der Waals surface area (Å²) in [7, 11) is 0. The molecule has 0 radical (unpaired) electrons. The van der Waals surface area contributed by atoms with E-state index < -0.39 is 11.9 Å². The number of carbonyl (C=O) groups is 2. The van der Waals surface area contributed by atoms with Crippen LogP contribution in [0.2, 0.25) is 0 Å². The first-order valence-electron chi connectivity index (χ1n) is 7.20. The minimum Gasteiger partial charge on any atom is -0.462 e. The summed E-state index contributed by atoms with van der Waals surface area (Å²) in [6.07, 6.45) is 0. The largest absolute Gasteiger partial charge is 0.462 e. The second-order valence-corrected chi connectivity index (χ2v) is 5.04. The van der Waals surface area contributed by atoms with Crippen molar-refractivity contribution in [2.45, 2.75) is 47.5 Å². The summed E-state index contributed by atoms with van der Waals surface area (Å²) in [6.45, 7) is 11.4. The summed E-state index contributed by atoms with van der Waals surface area (Å²) in [4.78, 5) is 28.8. The summed E-state index contributed by atoms with van der Waals surface area (Å²) in [5.41, 5.74) is 2.54. The van der Waals surface area contributed by atoms with E-state index in [1.165, 1.54) is 0 Å².